The predicted molar refractivity (Wildman–Crippen MR) is 108 cm³/mol. The number of nitrogens with one attached hydrogen (secondary N) is 3. The van der Waals surface area contributed by atoms with Gasteiger partial charge in [0.05, 0.1) is 0 Å². The number of rotatable bonds is 7. The van der Waals surface area contributed by atoms with Crippen LogP contribution < -0.4 is 16.0 Å². The van der Waals surface area contributed by atoms with Crippen molar-refractivity contribution in [2.75, 3.05) is 10.6 Å². The second-order valence-corrected chi connectivity index (χ2v) is 7.32. The lowest BCUT2D eigenvalue weighted by molar-refractivity contribution is -0.128. The predicted octanol–water partition coefficient (Wildman–Crippen LogP) is 2.11. The van der Waals surface area contributed by atoms with E-state index < -0.39 is 12.1 Å². The largest absolute Gasteiger partial charge is 0.344 e. The van der Waals surface area contributed by atoms with Crippen LogP contribution in [0.3, 0.4) is 0 Å². The number of nitrogens with zero attached hydrogens (tertiary/aromatic N) is 3. The lowest BCUT2D eigenvalue weighted by Crippen LogP contribution is -2.43. The maximum absolute atomic E-state index is 12.3. The van der Waals surface area contributed by atoms with Crippen LogP contribution in [0, 0.1) is 5.92 Å². The molecule has 3 N–H and O–H groups in total. The molecule has 154 valence electrons. The molecule has 1 fully saturated rings. The zero-order valence-corrected chi connectivity index (χ0v) is 16.6. The summed E-state index contributed by atoms with van der Waals surface area (Å²) in [7, 11) is 0. The molecule has 1 aromatic carbocycles. The zero-order valence-electron chi connectivity index (χ0n) is 16.6. The molecule has 2 atom stereocenters. The van der Waals surface area contributed by atoms with Crippen molar-refractivity contribution >= 4 is 29.1 Å². The minimum Gasteiger partial charge on any atom is -0.344 e. The van der Waals surface area contributed by atoms with E-state index in [0.29, 0.717) is 11.4 Å². The Morgan fingerprint density at radius 3 is 2.14 bits per heavy atom. The molecule has 0 saturated heterocycles. The van der Waals surface area contributed by atoms with Crippen LogP contribution in [-0.2, 0) is 14.4 Å². The van der Waals surface area contributed by atoms with E-state index in [1.54, 1.807) is 38.1 Å². The summed E-state index contributed by atoms with van der Waals surface area (Å²) in [5.74, 6) is -0.541. The summed E-state index contributed by atoms with van der Waals surface area (Å²) in [6.45, 7) is 3.39. The number of carbonyl (C=O) groups excluding carboxylic acids is 3. The van der Waals surface area contributed by atoms with Gasteiger partial charge >= 0.3 is 0 Å². The lowest BCUT2D eigenvalue weighted by Gasteiger charge is -2.17. The molecule has 3 rings (SSSR count). The highest BCUT2D eigenvalue weighted by atomic mass is 16.2. The highest BCUT2D eigenvalue weighted by molar-refractivity contribution is 5.98. The van der Waals surface area contributed by atoms with Gasteiger partial charge in [-0.1, -0.05) is 12.8 Å². The first kappa shape index (κ1) is 20.5. The molecule has 3 amide bonds. The van der Waals surface area contributed by atoms with E-state index in [4.69, 9.17) is 0 Å². The van der Waals surface area contributed by atoms with Crippen LogP contribution in [0.25, 0.3) is 0 Å². The Bertz CT molecular complexity index is 844. The van der Waals surface area contributed by atoms with Crippen LogP contribution in [-0.4, -0.2) is 38.5 Å². The van der Waals surface area contributed by atoms with Crippen LogP contribution in [0.4, 0.5) is 11.4 Å². The number of hydrogen-bond donors (Lipinski definition) is 3. The van der Waals surface area contributed by atoms with Gasteiger partial charge < -0.3 is 16.0 Å². The Morgan fingerprint density at radius 1 is 1.00 bits per heavy atom. The number of aromatic nitrogens is 3. The van der Waals surface area contributed by atoms with E-state index in [0.717, 1.165) is 25.7 Å². The van der Waals surface area contributed by atoms with Crippen LogP contribution in [0.2, 0.25) is 0 Å². The minimum absolute atomic E-state index is 0.0214. The van der Waals surface area contributed by atoms with Gasteiger partial charge in [-0.25, -0.2) is 9.67 Å². The van der Waals surface area contributed by atoms with Gasteiger partial charge in [0.2, 0.25) is 17.7 Å². The van der Waals surface area contributed by atoms with Crippen molar-refractivity contribution in [3.63, 3.8) is 0 Å². The van der Waals surface area contributed by atoms with Crippen molar-refractivity contribution in [2.24, 2.45) is 5.92 Å². The first-order valence-corrected chi connectivity index (χ1v) is 9.80. The minimum atomic E-state index is -0.619. The summed E-state index contributed by atoms with van der Waals surface area (Å²) in [5.41, 5.74) is 1.18. The molecule has 9 nitrogen and oxygen atoms in total. The van der Waals surface area contributed by atoms with E-state index in [1.807, 2.05) is 0 Å². The molecular formula is C20H26N6O3. The highest BCUT2D eigenvalue weighted by Crippen LogP contribution is 2.24. The Morgan fingerprint density at radius 2 is 1.59 bits per heavy atom. The van der Waals surface area contributed by atoms with E-state index >= 15 is 0 Å². The molecule has 2 aromatic rings. The number of hydrogen-bond acceptors (Lipinski definition) is 5. The second kappa shape index (κ2) is 9.31. The van der Waals surface area contributed by atoms with Gasteiger partial charge in [0.15, 0.2) is 0 Å². The molecule has 1 heterocycles. The van der Waals surface area contributed by atoms with E-state index in [1.165, 1.54) is 17.3 Å². The maximum Gasteiger partial charge on any atom is 0.249 e. The Labute approximate surface area is 169 Å². The maximum atomic E-state index is 12.3. The fourth-order valence-electron chi connectivity index (χ4n) is 3.26. The normalized spacial score (nSPS) is 16.1. The fraction of sp³-hybridized carbons (Fsp3) is 0.450. The summed E-state index contributed by atoms with van der Waals surface area (Å²) in [5, 5.41) is 12.3. The van der Waals surface area contributed by atoms with E-state index in [2.05, 4.69) is 26.0 Å². The average Bonchev–Trinajstić information content (AvgIpc) is 3.42. The van der Waals surface area contributed by atoms with Gasteiger partial charge in [-0.15, -0.1) is 0 Å². The SMILES string of the molecule is C[C@@H](NC(=O)C1CCCC1)C(=O)Nc1ccc(NC(=O)[C@H](C)n2cncn2)cc1. The molecule has 1 saturated carbocycles. The van der Waals surface area contributed by atoms with Gasteiger partial charge in [0.25, 0.3) is 0 Å². The van der Waals surface area contributed by atoms with Gasteiger partial charge in [-0.05, 0) is 51.0 Å². The van der Waals surface area contributed by atoms with Gasteiger partial charge in [0.1, 0.15) is 24.7 Å². The number of carbonyl (C=O) groups is 3. The van der Waals surface area contributed by atoms with Crippen molar-refractivity contribution in [1.29, 1.82) is 0 Å². The van der Waals surface area contributed by atoms with Crippen molar-refractivity contribution in [3.8, 4) is 0 Å². The van der Waals surface area contributed by atoms with Crippen LogP contribution in [0.5, 0.6) is 0 Å². The van der Waals surface area contributed by atoms with Crippen molar-refractivity contribution in [1.82, 2.24) is 20.1 Å². The van der Waals surface area contributed by atoms with E-state index in [-0.39, 0.29) is 23.6 Å². The molecule has 0 radical (unpaired) electrons. The molecule has 1 aromatic heterocycles. The number of benzene rings is 1. The third-order valence-corrected chi connectivity index (χ3v) is 5.11. The molecule has 0 bridgehead atoms. The molecular weight excluding hydrogens is 372 g/mol. The second-order valence-electron chi connectivity index (χ2n) is 7.32. The Balaban J connectivity index is 1.49. The standard InChI is InChI=1S/C20H26N6O3/c1-13(23-20(29)15-5-3-4-6-15)18(27)24-16-7-9-17(10-8-16)25-19(28)14(2)26-12-21-11-22-26/h7-15H,3-6H2,1-2H3,(H,23,29)(H,24,27)(H,25,28)/t13-,14+/m1/s1. The molecule has 1 aliphatic rings. The van der Waals surface area contributed by atoms with Crippen LogP contribution >= 0.6 is 0 Å². The number of amides is 3. The summed E-state index contributed by atoms with van der Waals surface area (Å²) in [6, 6.07) is 5.66. The fourth-order valence-corrected chi connectivity index (χ4v) is 3.26. The lowest BCUT2D eigenvalue weighted by atomic mass is 10.1. The van der Waals surface area contributed by atoms with E-state index in [9.17, 15) is 14.4 Å². The van der Waals surface area contributed by atoms with Crippen molar-refractivity contribution in [3.05, 3.63) is 36.9 Å². The molecule has 0 spiro atoms. The zero-order chi connectivity index (χ0) is 20.8. The molecule has 1 aliphatic carbocycles. The first-order chi connectivity index (χ1) is 13.9. The van der Waals surface area contributed by atoms with Crippen LogP contribution in [0.1, 0.15) is 45.6 Å². The Hall–Kier alpha value is -3.23. The number of anilines is 2. The molecule has 9 heteroatoms. The van der Waals surface area contributed by atoms with Gasteiger partial charge in [-0.3, -0.25) is 14.4 Å². The summed E-state index contributed by atoms with van der Waals surface area (Å²) < 4.78 is 1.46. The summed E-state index contributed by atoms with van der Waals surface area (Å²) in [6.07, 6.45) is 6.78. The van der Waals surface area contributed by atoms with Crippen molar-refractivity contribution < 1.29 is 14.4 Å². The molecule has 0 aliphatic heterocycles. The third-order valence-electron chi connectivity index (χ3n) is 5.11. The summed E-state index contributed by atoms with van der Waals surface area (Å²) >= 11 is 0. The smallest absolute Gasteiger partial charge is 0.249 e. The molecule has 0 unspecified atom stereocenters. The third kappa shape index (κ3) is 5.40. The molecule has 29 heavy (non-hydrogen) atoms. The topological polar surface area (TPSA) is 118 Å². The van der Waals surface area contributed by atoms with Crippen molar-refractivity contribution in [2.45, 2.75) is 51.6 Å². The van der Waals surface area contributed by atoms with Crippen LogP contribution in [0.15, 0.2) is 36.9 Å². The quantitative estimate of drug-likeness (QED) is 0.660. The summed E-state index contributed by atoms with van der Waals surface area (Å²) in [4.78, 5) is 40.6. The first-order valence-electron chi connectivity index (χ1n) is 9.80. The highest BCUT2D eigenvalue weighted by Gasteiger charge is 2.25. The average molecular weight is 398 g/mol. The Kier molecular flexibility index (Phi) is 6.58. The van der Waals surface area contributed by atoms with Gasteiger partial charge in [-0.2, -0.15) is 5.10 Å². The monoisotopic (exact) mass is 398 g/mol. The van der Waals surface area contributed by atoms with Gasteiger partial charge in [0, 0.05) is 17.3 Å².